The quantitative estimate of drug-likeness (QED) is 0.594. The van der Waals surface area contributed by atoms with Crippen LogP contribution in [0.25, 0.3) is 10.9 Å². The molecular weight excluding hydrogens is 364 g/mol. The van der Waals surface area contributed by atoms with Crippen molar-refractivity contribution in [3.63, 3.8) is 0 Å². The van der Waals surface area contributed by atoms with Crippen LogP contribution in [0.4, 0.5) is 0 Å². The van der Waals surface area contributed by atoms with Gasteiger partial charge in [-0.1, -0.05) is 31.0 Å². The Bertz CT molecular complexity index is 777. The minimum Gasteiger partial charge on any atom is -0.473 e. The summed E-state index contributed by atoms with van der Waals surface area (Å²) >= 11 is 1.92. The third-order valence-electron chi connectivity index (χ3n) is 4.47. The maximum absolute atomic E-state index is 9.10. The van der Waals surface area contributed by atoms with Crippen LogP contribution in [-0.2, 0) is 9.59 Å². The molecule has 3 rings (SSSR count). The highest BCUT2D eigenvalue weighted by Crippen LogP contribution is 2.39. The highest BCUT2D eigenvalue weighted by Gasteiger charge is 2.21. The van der Waals surface area contributed by atoms with Crippen molar-refractivity contribution in [3.05, 3.63) is 35.9 Å². The van der Waals surface area contributed by atoms with Crippen LogP contribution in [0.2, 0.25) is 0 Å². The van der Waals surface area contributed by atoms with Crippen molar-refractivity contribution in [2.75, 3.05) is 26.4 Å². The molecule has 2 N–H and O–H groups in total. The number of rotatable bonds is 5. The maximum Gasteiger partial charge on any atom is 0.414 e. The van der Waals surface area contributed by atoms with Gasteiger partial charge >= 0.3 is 11.9 Å². The summed E-state index contributed by atoms with van der Waals surface area (Å²) in [6.45, 7) is 1.10. The third kappa shape index (κ3) is 6.52. The zero-order valence-corrected chi connectivity index (χ0v) is 16.5. The molecule has 7 heteroatoms. The zero-order chi connectivity index (χ0) is 19.8. The van der Waals surface area contributed by atoms with Crippen LogP contribution in [0.5, 0.6) is 0 Å². The molecule has 1 saturated carbocycles. The number of aliphatic carboxylic acids is 2. The van der Waals surface area contributed by atoms with Gasteiger partial charge in [-0.05, 0) is 50.6 Å². The van der Waals surface area contributed by atoms with Gasteiger partial charge in [0.2, 0.25) is 0 Å². The smallest absolute Gasteiger partial charge is 0.414 e. The molecule has 0 amide bonds. The molecule has 0 radical (unpaired) electrons. The number of carbonyl (C=O) groups is 2. The summed E-state index contributed by atoms with van der Waals surface area (Å²) < 4.78 is 0. The first-order chi connectivity index (χ1) is 12.9. The highest BCUT2D eigenvalue weighted by atomic mass is 32.2. The lowest BCUT2D eigenvalue weighted by Crippen LogP contribution is -2.15. The highest BCUT2D eigenvalue weighted by molar-refractivity contribution is 7.99. The molecule has 0 saturated heterocycles. The molecule has 0 aliphatic heterocycles. The number of fused-ring (bicyclic) bond motifs is 1. The molecule has 0 bridgehead atoms. The van der Waals surface area contributed by atoms with Gasteiger partial charge in [-0.2, -0.15) is 0 Å². The molecule has 6 nitrogen and oxygen atoms in total. The van der Waals surface area contributed by atoms with Gasteiger partial charge in [0.15, 0.2) is 0 Å². The fourth-order valence-electron chi connectivity index (χ4n) is 3.08. The van der Waals surface area contributed by atoms with Crippen molar-refractivity contribution < 1.29 is 19.8 Å². The Hall–Kier alpha value is -2.12. The van der Waals surface area contributed by atoms with Gasteiger partial charge < -0.3 is 15.1 Å². The number of thioether (sulfide) groups is 1. The van der Waals surface area contributed by atoms with E-state index in [1.807, 2.05) is 11.8 Å². The van der Waals surface area contributed by atoms with E-state index >= 15 is 0 Å². The van der Waals surface area contributed by atoms with Gasteiger partial charge in [0, 0.05) is 17.7 Å². The number of carboxylic acids is 2. The van der Waals surface area contributed by atoms with Gasteiger partial charge in [-0.25, -0.2) is 14.6 Å². The Kier molecular flexibility index (Phi) is 8.06. The molecule has 1 aliphatic carbocycles. The summed E-state index contributed by atoms with van der Waals surface area (Å²) in [4.78, 5) is 25.4. The molecule has 1 aliphatic rings. The Labute approximate surface area is 163 Å². The van der Waals surface area contributed by atoms with Crippen molar-refractivity contribution >= 4 is 34.6 Å². The van der Waals surface area contributed by atoms with Gasteiger partial charge in [0.05, 0.1) is 5.52 Å². The minimum absolute atomic E-state index is 0.726. The molecule has 146 valence electrons. The molecule has 0 unspecified atom stereocenters. The Morgan fingerprint density at radius 3 is 2.37 bits per heavy atom. The number of pyridine rings is 1. The lowest BCUT2D eigenvalue weighted by Gasteiger charge is -2.16. The lowest BCUT2D eigenvalue weighted by molar-refractivity contribution is -0.159. The number of hydrogen-bond acceptors (Lipinski definition) is 5. The molecule has 27 heavy (non-hydrogen) atoms. The maximum atomic E-state index is 9.10. The number of para-hydroxylation sites is 1. The summed E-state index contributed by atoms with van der Waals surface area (Å²) in [6, 6.07) is 10.9. The van der Waals surface area contributed by atoms with E-state index in [0.717, 1.165) is 23.7 Å². The van der Waals surface area contributed by atoms with Crippen LogP contribution in [0.3, 0.4) is 0 Å². The average Bonchev–Trinajstić information content (AvgIpc) is 3.15. The third-order valence-corrected chi connectivity index (χ3v) is 5.46. The second-order valence-corrected chi connectivity index (χ2v) is 7.90. The second-order valence-electron chi connectivity index (χ2n) is 6.82. The molecule has 1 fully saturated rings. The van der Waals surface area contributed by atoms with Gasteiger partial charge in [0.25, 0.3) is 0 Å². The first kappa shape index (κ1) is 21.2. The van der Waals surface area contributed by atoms with Gasteiger partial charge in [-0.3, -0.25) is 0 Å². The van der Waals surface area contributed by atoms with Crippen LogP contribution in [0, 0.1) is 0 Å². The summed E-state index contributed by atoms with van der Waals surface area (Å²) in [7, 11) is 4.26. The van der Waals surface area contributed by atoms with E-state index < -0.39 is 11.9 Å². The molecule has 2 aromatic rings. The van der Waals surface area contributed by atoms with E-state index in [2.05, 4.69) is 49.3 Å². The van der Waals surface area contributed by atoms with E-state index in [1.54, 1.807) is 0 Å². The van der Waals surface area contributed by atoms with E-state index in [0.29, 0.717) is 0 Å². The van der Waals surface area contributed by atoms with Gasteiger partial charge in [-0.15, -0.1) is 11.8 Å². The summed E-state index contributed by atoms with van der Waals surface area (Å²) in [6.07, 6.45) is 5.42. The summed E-state index contributed by atoms with van der Waals surface area (Å²) in [5.74, 6) is -1.81. The Morgan fingerprint density at radius 2 is 1.78 bits per heavy atom. The lowest BCUT2D eigenvalue weighted by atomic mass is 9.98. The predicted octanol–water partition coefficient (Wildman–Crippen LogP) is 3.70. The van der Waals surface area contributed by atoms with Crippen molar-refractivity contribution in [1.29, 1.82) is 0 Å². The fourth-order valence-corrected chi connectivity index (χ4v) is 4.29. The number of carboxylic acid groups (broad SMARTS) is 2. The van der Waals surface area contributed by atoms with E-state index in [9.17, 15) is 0 Å². The van der Waals surface area contributed by atoms with Crippen molar-refractivity contribution in [2.24, 2.45) is 0 Å². The Balaban J connectivity index is 0.000000380. The first-order valence-corrected chi connectivity index (χ1v) is 10.0. The topological polar surface area (TPSA) is 90.7 Å². The minimum atomic E-state index is -1.82. The first-order valence-electron chi connectivity index (χ1n) is 9.02. The van der Waals surface area contributed by atoms with Crippen LogP contribution in [0.1, 0.15) is 37.2 Å². The van der Waals surface area contributed by atoms with E-state index in [4.69, 9.17) is 24.8 Å². The summed E-state index contributed by atoms with van der Waals surface area (Å²) in [5.41, 5.74) is 2.63. The van der Waals surface area contributed by atoms with E-state index in [1.165, 1.54) is 41.7 Å². The van der Waals surface area contributed by atoms with Crippen molar-refractivity contribution in [3.8, 4) is 0 Å². The number of nitrogens with zero attached hydrogens (tertiary/aromatic N) is 2. The zero-order valence-electron chi connectivity index (χ0n) is 15.7. The van der Waals surface area contributed by atoms with Crippen LogP contribution < -0.4 is 0 Å². The second kappa shape index (κ2) is 10.3. The SMILES string of the molecule is CN(C)CCSc1nc2ccccc2cc1C1CCCC1.O=C(O)C(=O)O. The molecule has 1 aromatic carbocycles. The number of benzene rings is 1. The molecule has 1 aromatic heterocycles. The average molecular weight is 391 g/mol. The van der Waals surface area contributed by atoms with Crippen molar-refractivity contribution in [2.45, 2.75) is 36.6 Å². The Morgan fingerprint density at radius 1 is 1.15 bits per heavy atom. The van der Waals surface area contributed by atoms with Crippen molar-refractivity contribution in [1.82, 2.24) is 9.88 Å². The monoisotopic (exact) mass is 390 g/mol. The number of hydrogen-bond donors (Lipinski definition) is 2. The van der Waals surface area contributed by atoms with Crippen LogP contribution in [0.15, 0.2) is 35.4 Å². The van der Waals surface area contributed by atoms with Gasteiger partial charge in [0.1, 0.15) is 5.03 Å². The normalized spacial score (nSPS) is 14.2. The largest absolute Gasteiger partial charge is 0.473 e. The number of aromatic nitrogens is 1. The molecule has 0 spiro atoms. The fraction of sp³-hybridized carbons (Fsp3) is 0.450. The summed E-state index contributed by atoms with van der Waals surface area (Å²) in [5, 5.41) is 17.3. The molecule has 1 heterocycles. The van der Waals surface area contributed by atoms with Crippen LogP contribution >= 0.6 is 11.8 Å². The predicted molar refractivity (Wildman–Crippen MR) is 108 cm³/mol. The molecule has 0 atom stereocenters. The standard InChI is InChI=1S/C18H24N2S.C2H2O4/c1-20(2)11-12-21-18-16(14-7-3-4-8-14)13-15-9-5-6-10-17(15)19-18;3-1(4)2(5)6/h5-6,9-10,13-14H,3-4,7-8,11-12H2,1-2H3;(H,3,4)(H,5,6). The van der Waals surface area contributed by atoms with E-state index in [-0.39, 0.29) is 0 Å². The van der Waals surface area contributed by atoms with Crippen LogP contribution in [-0.4, -0.2) is 58.4 Å². The molecular formula is C20H26N2O4S.